The molecule has 0 aliphatic carbocycles. The van der Waals surface area contributed by atoms with E-state index in [0.717, 1.165) is 29.0 Å². The lowest BCUT2D eigenvalue weighted by atomic mass is 10.1. The Balaban J connectivity index is 2.06. The Morgan fingerprint density at radius 1 is 1.25 bits per heavy atom. The Morgan fingerprint density at radius 3 is 2.70 bits per heavy atom. The van der Waals surface area contributed by atoms with Crippen molar-refractivity contribution in [3.63, 3.8) is 0 Å². The minimum absolute atomic E-state index is 0.654. The van der Waals surface area contributed by atoms with E-state index in [1.54, 1.807) is 6.20 Å². The number of rotatable bonds is 6. The number of aromatic nitrogens is 1. The molecule has 0 bridgehead atoms. The molecule has 0 saturated carbocycles. The molecule has 3 nitrogen and oxygen atoms in total. The van der Waals surface area contributed by atoms with E-state index in [2.05, 4.69) is 44.4 Å². The molecule has 20 heavy (non-hydrogen) atoms. The predicted molar refractivity (Wildman–Crippen MR) is 85.8 cm³/mol. The lowest BCUT2D eigenvalue weighted by molar-refractivity contribution is 0.133. The average Bonchev–Trinajstić information content (AvgIpc) is 2.45. The highest BCUT2D eigenvalue weighted by atomic mass is 79.9. The van der Waals surface area contributed by atoms with E-state index in [1.807, 2.05) is 26.0 Å². The molecule has 0 saturated heterocycles. The number of hydrogen-bond acceptors (Lipinski definition) is 3. The van der Waals surface area contributed by atoms with Gasteiger partial charge in [-0.2, -0.15) is 0 Å². The van der Waals surface area contributed by atoms with Crippen molar-refractivity contribution in [2.24, 2.45) is 0 Å². The Bertz CT molecular complexity index is 572. The van der Waals surface area contributed by atoms with E-state index in [1.165, 1.54) is 11.1 Å². The van der Waals surface area contributed by atoms with E-state index in [9.17, 15) is 0 Å². The van der Waals surface area contributed by atoms with Gasteiger partial charge >= 0.3 is 0 Å². The number of nitrogens with one attached hydrogen (secondary N) is 1. The van der Waals surface area contributed by atoms with Crippen LogP contribution in [0.3, 0.4) is 0 Å². The topological polar surface area (TPSA) is 34.1 Å². The van der Waals surface area contributed by atoms with Crippen molar-refractivity contribution in [3.8, 4) is 0 Å². The number of nitrogens with zero attached hydrogens (tertiary/aromatic N) is 1. The number of hydrogen-bond donors (Lipinski definition) is 1. The Kier molecular flexibility index (Phi) is 5.56. The number of anilines is 1. The van der Waals surface area contributed by atoms with Crippen molar-refractivity contribution >= 4 is 21.7 Å². The summed E-state index contributed by atoms with van der Waals surface area (Å²) in [6.07, 6.45) is 1.81. The van der Waals surface area contributed by atoms with Gasteiger partial charge in [-0.05, 0) is 52.5 Å². The highest BCUT2D eigenvalue weighted by molar-refractivity contribution is 9.10. The summed E-state index contributed by atoms with van der Waals surface area (Å²) >= 11 is 3.43. The van der Waals surface area contributed by atoms with Gasteiger partial charge in [-0.25, -0.2) is 4.98 Å². The predicted octanol–water partition coefficient (Wildman–Crippen LogP) is 4.30. The quantitative estimate of drug-likeness (QED) is 0.855. The van der Waals surface area contributed by atoms with Gasteiger partial charge in [-0.15, -0.1) is 0 Å². The number of ether oxygens (including phenoxy) is 1. The van der Waals surface area contributed by atoms with Crippen molar-refractivity contribution in [2.45, 2.75) is 27.0 Å². The molecule has 0 atom stereocenters. The number of halogens is 1. The van der Waals surface area contributed by atoms with Crippen molar-refractivity contribution < 1.29 is 4.74 Å². The van der Waals surface area contributed by atoms with Crippen LogP contribution in [0.15, 0.2) is 41.0 Å². The van der Waals surface area contributed by atoms with Crippen LogP contribution in [0.1, 0.15) is 23.6 Å². The molecule has 0 radical (unpaired) electrons. The van der Waals surface area contributed by atoms with Gasteiger partial charge in [0.25, 0.3) is 0 Å². The zero-order valence-electron chi connectivity index (χ0n) is 11.8. The maximum absolute atomic E-state index is 5.50. The third kappa shape index (κ3) is 4.05. The molecule has 0 unspecified atom stereocenters. The van der Waals surface area contributed by atoms with Crippen LogP contribution in [0.25, 0.3) is 0 Å². The molecule has 1 aromatic heterocycles. The Morgan fingerprint density at radius 2 is 2.00 bits per heavy atom. The molecule has 1 heterocycles. The molecule has 1 aromatic carbocycles. The number of benzene rings is 1. The zero-order valence-corrected chi connectivity index (χ0v) is 13.4. The lowest BCUT2D eigenvalue weighted by Gasteiger charge is -2.12. The van der Waals surface area contributed by atoms with Crippen LogP contribution in [0, 0.1) is 6.92 Å². The Hall–Kier alpha value is -1.39. The van der Waals surface area contributed by atoms with Crippen LogP contribution >= 0.6 is 15.9 Å². The summed E-state index contributed by atoms with van der Waals surface area (Å²) in [7, 11) is 0. The Labute approximate surface area is 128 Å². The van der Waals surface area contributed by atoms with Crippen LogP contribution in [0.2, 0.25) is 0 Å². The van der Waals surface area contributed by atoms with Gasteiger partial charge in [-0.3, -0.25) is 0 Å². The maximum atomic E-state index is 5.50. The van der Waals surface area contributed by atoms with Gasteiger partial charge in [0.15, 0.2) is 0 Å². The van der Waals surface area contributed by atoms with E-state index in [4.69, 9.17) is 4.74 Å². The van der Waals surface area contributed by atoms with Crippen LogP contribution in [0.4, 0.5) is 5.82 Å². The normalized spacial score (nSPS) is 10.6. The van der Waals surface area contributed by atoms with Crippen molar-refractivity contribution in [1.29, 1.82) is 0 Å². The summed E-state index contributed by atoms with van der Waals surface area (Å²) < 4.78 is 6.50. The maximum Gasteiger partial charge on any atom is 0.129 e. The van der Waals surface area contributed by atoms with Crippen LogP contribution in [-0.2, 0) is 17.9 Å². The second-order valence-corrected chi connectivity index (χ2v) is 5.49. The average molecular weight is 335 g/mol. The van der Waals surface area contributed by atoms with Gasteiger partial charge in [0.1, 0.15) is 5.82 Å². The summed E-state index contributed by atoms with van der Waals surface area (Å²) in [5, 5.41) is 3.39. The van der Waals surface area contributed by atoms with E-state index in [0.29, 0.717) is 6.61 Å². The second-order valence-electron chi connectivity index (χ2n) is 4.58. The molecule has 0 aliphatic rings. The largest absolute Gasteiger partial charge is 0.377 e. The zero-order chi connectivity index (χ0) is 14.4. The van der Waals surface area contributed by atoms with Gasteiger partial charge < -0.3 is 10.1 Å². The summed E-state index contributed by atoms with van der Waals surface area (Å²) in [6.45, 7) is 6.19. The van der Waals surface area contributed by atoms with Gasteiger partial charge in [0.05, 0.1) is 6.61 Å². The summed E-state index contributed by atoms with van der Waals surface area (Å²) in [4.78, 5) is 4.40. The van der Waals surface area contributed by atoms with E-state index in [-0.39, 0.29) is 0 Å². The molecule has 2 rings (SSSR count). The van der Waals surface area contributed by atoms with Gasteiger partial charge in [0.2, 0.25) is 0 Å². The first-order valence-corrected chi connectivity index (χ1v) is 7.50. The molecule has 0 fully saturated rings. The fraction of sp³-hybridized carbons (Fsp3) is 0.312. The van der Waals surface area contributed by atoms with Crippen LogP contribution < -0.4 is 5.32 Å². The fourth-order valence-corrected chi connectivity index (χ4v) is 2.43. The molecule has 0 amide bonds. The smallest absolute Gasteiger partial charge is 0.129 e. The first-order chi connectivity index (χ1) is 9.70. The molecule has 4 heteroatoms. The van der Waals surface area contributed by atoms with Crippen molar-refractivity contribution in [2.75, 3.05) is 11.9 Å². The van der Waals surface area contributed by atoms with Crippen LogP contribution in [0.5, 0.6) is 0 Å². The number of aryl methyl sites for hydroxylation is 1. The second kappa shape index (κ2) is 7.41. The fourth-order valence-electron chi connectivity index (χ4n) is 1.99. The molecule has 0 aliphatic heterocycles. The van der Waals surface area contributed by atoms with Crippen molar-refractivity contribution in [1.82, 2.24) is 4.98 Å². The highest BCUT2D eigenvalue weighted by Gasteiger charge is 2.04. The standard InChI is InChI=1S/C16H19BrN2O/c1-3-20-11-14-7-5-4-6-13(14)9-18-16-12(2)8-15(17)10-19-16/h4-8,10H,3,9,11H2,1-2H3,(H,18,19). The third-order valence-corrected chi connectivity index (χ3v) is 3.50. The lowest BCUT2D eigenvalue weighted by Crippen LogP contribution is -2.06. The van der Waals surface area contributed by atoms with Crippen LogP contribution in [-0.4, -0.2) is 11.6 Å². The first-order valence-electron chi connectivity index (χ1n) is 6.71. The van der Waals surface area contributed by atoms with Gasteiger partial charge in [-0.1, -0.05) is 24.3 Å². The SMILES string of the molecule is CCOCc1ccccc1CNc1ncc(Br)cc1C. The molecule has 106 valence electrons. The summed E-state index contributed by atoms with van der Waals surface area (Å²) in [6, 6.07) is 10.4. The summed E-state index contributed by atoms with van der Waals surface area (Å²) in [5.74, 6) is 0.916. The van der Waals surface area contributed by atoms with E-state index < -0.39 is 0 Å². The van der Waals surface area contributed by atoms with E-state index >= 15 is 0 Å². The molecular weight excluding hydrogens is 316 g/mol. The van der Waals surface area contributed by atoms with Gasteiger partial charge in [0, 0.05) is 23.8 Å². The summed E-state index contributed by atoms with van der Waals surface area (Å²) in [5.41, 5.74) is 3.59. The molecule has 1 N–H and O–H groups in total. The monoisotopic (exact) mass is 334 g/mol. The highest BCUT2D eigenvalue weighted by Crippen LogP contribution is 2.18. The third-order valence-electron chi connectivity index (χ3n) is 3.07. The minimum Gasteiger partial charge on any atom is -0.377 e. The minimum atomic E-state index is 0.654. The molecular formula is C16H19BrN2O. The van der Waals surface area contributed by atoms with Crippen molar-refractivity contribution in [3.05, 3.63) is 57.7 Å². The molecule has 2 aromatic rings. The molecule has 0 spiro atoms. The first kappa shape index (κ1) is 15.0. The number of pyridine rings is 1.